The van der Waals surface area contributed by atoms with E-state index in [1.54, 1.807) is 0 Å². The number of benzene rings is 1. The highest BCUT2D eigenvalue weighted by atomic mass is 35.5. The molecule has 0 aliphatic heterocycles. The maximum Gasteiger partial charge on any atom is 0.235 e. The second kappa shape index (κ2) is 6.06. The number of hydrogen-bond acceptors (Lipinski definition) is 1. The van der Waals surface area contributed by atoms with E-state index in [1.807, 2.05) is 18.2 Å². The first-order chi connectivity index (χ1) is 8.31. The lowest BCUT2D eigenvalue weighted by molar-refractivity contribution is -0.119. The van der Waals surface area contributed by atoms with Gasteiger partial charge in [0.05, 0.1) is 6.04 Å². The molecule has 0 unspecified atom stereocenters. The van der Waals surface area contributed by atoms with E-state index < -0.39 is 0 Å². The van der Waals surface area contributed by atoms with Gasteiger partial charge in [0.25, 0.3) is 0 Å². The molecule has 0 saturated heterocycles. The maximum absolute atomic E-state index is 11.5. The predicted molar refractivity (Wildman–Crippen MR) is 70.0 cm³/mol. The molecule has 1 aliphatic carbocycles. The standard InChI is InChI=1S/C14H18ClNO/c15-10-13(17)16-14(12-8-4-5-9-12)11-6-2-1-3-7-11/h1-3,6-7,12,14H,4-5,8-10H2,(H,16,17)/t14-/m0/s1. The molecule has 2 nitrogen and oxygen atoms in total. The van der Waals surface area contributed by atoms with Crippen molar-refractivity contribution in [2.45, 2.75) is 31.7 Å². The second-order valence-corrected chi connectivity index (χ2v) is 4.90. The molecular formula is C14H18ClNO. The minimum Gasteiger partial charge on any atom is -0.348 e. The lowest BCUT2D eigenvalue weighted by Crippen LogP contribution is -2.33. The van der Waals surface area contributed by atoms with E-state index in [1.165, 1.54) is 31.2 Å². The third-order valence-electron chi connectivity index (χ3n) is 3.47. The summed E-state index contributed by atoms with van der Waals surface area (Å²) in [6, 6.07) is 10.3. The Morgan fingerprint density at radius 3 is 2.53 bits per heavy atom. The molecule has 0 spiro atoms. The van der Waals surface area contributed by atoms with Crippen molar-refractivity contribution in [3.63, 3.8) is 0 Å². The molecular weight excluding hydrogens is 234 g/mol. The first-order valence-corrected chi connectivity index (χ1v) is 6.75. The summed E-state index contributed by atoms with van der Waals surface area (Å²) in [6.07, 6.45) is 4.93. The minimum absolute atomic E-state index is 0.0378. The average Bonchev–Trinajstić information content (AvgIpc) is 2.90. The molecule has 92 valence electrons. The van der Waals surface area contributed by atoms with Gasteiger partial charge in [0.15, 0.2) is 0 Å². The molecule has 1 N–H and O–H groups in total. The van der Waals surface area contributed by atoms with Crippen molar-refractivity contribution in [1.82, 2.24) is 5.32 Å². The van der Waals surface area contributed by atoms with Crippen molar-refractivity contribution in [3.8, 4) is 0 Å². The summed E-state index contributed by atoms with van der Waals surface area (Å²) in [4.78, 5) is 11.5. The normalized spacial score (nSPS) is 17.9. The van der Waals surface area contributed by atoms with Gasteiger partial charge in [0, 0.05) is 0 Å². The van der Waals surface area contributed by atoms with Gasteiger partial charge in [-0.25, -0.2) is 0 Å². The fourth-order valence-electron chi connectivity index (χ4n) is 2.64. The number of halogens is 1. The Balaban J connectivity index is 2.14. The van der Waals surface area contributed by atoms with E-state index in [0.717, 1.165) is 0 Å². The van der Waals surface area contributed by atoms with E-state index in [0.29, 0.717) is 5.92 Å². The highest BCUT2D eigenvalue weighted by Gasteiger charge is 2.27. The topological polar surface area (TPSA) is 29.1 Å². The van der Waals surface area contributed by atoms with Crippen LogP contribution in [0.4, 0.5) is 0 Å². The molecule has 2 rings (SSSR count). The van der Waals surface area contributed by atoms with Crippen LogP contribution in [0, 0.1) is 5.92 Å². The summed E-state index contributed by atoms with van der Waals surface area (Å²) in [5, 5.41) is 3.05. The first-order valence-electron chi connectivity index (χ1n) is 6.21. The summed E-state index contributed by atoms with van der Waals surface area (Å²) in [5.74, 6) is 0.521. The van der Waals surface area contributed by atoms with Crippen LogP contribution < -0.4 is 5.32 Å². The maximum atomic E-state index is 11.5. The Hall–Kier alpha value is -1.02. The highest BCUT2D eigenvalue weighted by Crippen LogP contribution is 2.35. The number of carbonyl (C=O) groups is 1. The molecule has 1 aromatic carbocycles. The van der Waals surface area contributed by atoms with Gasteiger partial charge in [0.2, 0.25) is 5.91 Å². The third kappa shape index (κ3) is 3.22. The number of nitrogens with one attached hydrogen (secondary N) is 1. The average molecular weight is 252 g/mol. The summed E-state index contributed by atoms with van der Waals surface area (Å²) in [6.45, 7) is 0. The number of rotatable bonds is 4. The summed E-state index contributed by atoms with van der Waals surface area (Å²) in [5.41, 5.74) is 1.19. The molecule has 0 aromatic heterocycles. The lowest BCUT2D eigenvalue weighted by Gasteiger charge is -2.24. The molecule has 0 radical (unpaired) electrons. The van der Waals surface area contributed by atoms with Crippen molar-refractivity contribution in [3.05, 3.63) is 35.9 Å². The molecule has 1 saturated carbocycles. The van der Waals surface area contributed by atoms with Gasteiger partial charge in [-0.05, 0) is 24.3 Å². The van der Waals surface area contributed by atoms with Crippen molar-refractivity contribution < 1.29 is 4.79 Å². The van der Waals surface area contributed by atoms with E-state index in [4.69, 9.17) is 11.6 Å². The fourth-order valence-corrected chi connectivity index (χ4v) is 2.71. The Morgan fingerprint density at radius 1 is 1.29 bits per heavy atom. The van der Waals surface area contributed by atoms with Gasteiger partial charge < -0.3 is 5.32 Å². The van der Waals surface area contributed by atoms with Crippen molar-refractivity contribution >= 4 is 17.5 Å². The van der Waals surface area contributed by atoms with Crippen LogP contribution in [0.2, 0.25) is 0 Å². The van der Waals surface area contributed by atoms with E-state index in [9.17, 15) is 4.79 Å². The van der Waals surface area contributed by atoms with Crippen LogP contribution in [0.15, 0.2) is 30.3 Å². The second-order valence-electron chi connectivity index (χ2n) is 4.63. The predicted octanol–water partition coefficient (Wildman–Crippen LogP) is 3.27. The summed E-state index contributed by atoms with van der Waals surface area (Å²) in [7, 11) is 0. The van der Waals surface area contributed by atoms with Crippen LogP contribution in [0.25, 0.3) is 0 Å². The van der Waals surface area contributed by atoms with Crippen molar-refractivity contribution in [1.29, 1.82) is 0 Å². The SMILES string of the molecule is O=C(CCl)N[C@@H](c1ccccc1)C1CCCC1. The lowest BCUT2D eigenvalue weighted by atomic mass is 9.91. The Kier molecular flexibility index (Phi) is 4.43. The van der Waals surface area contributed by atoms with Gasteiger partial charge in [-0.3, -0.25) is 4.79 Å². The quantitative estimate of drug-likeness (QED) is 0.818. The van der Waals surface area contributed by atoms with Crippen LogP contribution in [0.5, 0.6) is 0 Å². The number of hydrogen-bond donors (Lipinski definition) is 1. The van der Waals surface area contributed by atoms with Gasteiger partial charge >= 0.3 is 0 Å². The van der Waals surface area contributed by atoms with E-state index in [2.05, 4.69) is 17.4 Å². The van der Waals surface area contributed by atoms with Crippen LogP contribution in [0.3, 0.4) is 0 Å². The molecule has 1 aromatic rings. The molecule has 1 aliphatic rings. The van der Waals surface area contributed by atoms with Crippen LogP contribution in [-0.2, 0) is 4.79 Å². The fraction of sp³-hybridized carbons (Fsp3) is 0.500. The van der Waals surface area contributed by atoms with Crippen molar-refractivity contribution in [2.24, 2.45) is 5.92 Å². The number of amides is 1. The molecule has 0 heterocycles. The minimum atomic E-state index is -0.0765. The molecule has 0 bridgehead atoms. The number of alkyl halides is 1. The molecule has 17 heavy (non-hydrogen) atoms. The zero-order chi connectivity index (χ0) is 12.1. The van der Waals surface area contributed by atoms with Gasteiger partial charge in [-0.1, -0.05) is 43.2 Å². The monoisotopic (exact) mass is 251 g/mol. The van der Waals surface area contributed by atoms with Crippen LogP contribution in [0.1, 0.15) is 37.3 Å². The molecule has 3 heteroatoms. The summed E-state index contributed by atoms with van der Waals surface area (Å²) >= 11 is 5.58. The molecule has 1 atom stereocenters. The zero-order valence-electron chi connectivity index (χ0n) is 9.86. The largest absolute Gasteiger partial charge is 0.348 e. The van der Waals surface area contributed by atoms with Crippen LogP contribution >= 0.6 is 11.6 Å². The summed E-state index contributed by atoms with van der Waals surface area (Å²) < 4.78 is 0. The van der Waals surface area contributed by atoms with Gasteiger partial charge in [-0.2, -0.15) is 0 Å². The Labute approximate surface area is 107 Å². The van der Waals surface area contributed by atoms with E-state index >= 15 is 0 Å². The Bertz CT molecular complexity index is 360. The van der Waals surface area contributed by atoms with E-state index in [-0.39, 0.29) is 17.8 Å². The van der Waals surface area contributed by atoms with Crippen molar-refractivity contribution in [2.75, 3.05) is 5.88 Å². The van der Waals surface area contributed by atoms with Gasteiger partial charge in [0.1, 0.15) is 5.88 Å². The first kappa shape index (κ1) is 12.4. The van der Waals surface area contributed by atoms with Gasteiger partial charge in [-0.15, -0.1) is 11.6 Å². The third-order valence-corrected chi connectivity index (χ3v) is 3.71. The van der Waals surface area contributed by atoms with Crippen LogP contribution in [-0.4, -0.2) is 11.8 Å². The smallest absolute Gasteiger partial charge is 0.235 e. The molecule has 1 amide bonds. The zero-order valence-corrected chi connectivity index (χ0v) is 10.6. The Morgan fingerprint density at radius 2 is 1.94 bits per heavy atom. The molecule has 1 fully saturated rings. The highest BCUT2D eigenvalue weighted by molar-refractivity contribution is 6.27. The number of carbonyl (C=O) groups excluding carboxylic acids is 1.